The number of piperidine rings is 2. The third-order valence-corrected chi connectivity index (χ3v) is 5.94. The zero-order valence-electron chi connectivity index (χ0n) is 14.8. The van der Waals surface area contributed by atoms with Crippen molar-refractivity contribution in [3.8, 4) is 0 Å². The lowest BCUT2D eigenvalue weighted by Gasteiger charge is -2.49. The number of rotatable bonds is 2. The van der Waals surface area contributed by atoms with Crippen LogP contribution >= 0.6 is 0 Å². The number of carbonyl (C=O) groups is 1. The van der Waals surface area contributed by atoms with Gasteiger partial charge in [-0.05, 0) is 42.4 Å². The number of likely N-dealkylation sites (tertiary alicyclic amines) is 1. The number of hydrogen-bond donors (Lipinski definition) is 0. The average molecular weight is 335 g/mol. The molecule has 0 saturated carbocycles. The largest absolute Gasteiger partial charge is 0.371 e. The molecular formula is C21H25N3O. The van der Waals surface area contributed by atoms with Crippen molar-refractivity contribution in [2.45, 2.75) is 25.2 Å². The molecular weight excluding hydrogens is 310 g/mol. The van der Waals surface area contributed by atoms with E-state index in [2.05, 4.69) is 34.1 Å². The fourth-order valence-electron chi connectivity index (χ4n) is 4.53. The molecule has 2 aliphatic rings. The van der Waals surface area contributed by atoms with Crippen molar-refractivity contribution in [2.24, 2.45) is 5.41 Å². The molecule has 25 heavy (non-hydrogen) atoms. The number of likely N-dealkylation sites (N-methyl/N-ethyl adjacent to an activating group) is 1. The number of benzene rings is 1. The van der Waals surface area contributed by atoms with Crippen LogP contribution in [-0.2, 0) is 4.79 Å². The van der Waals surface area contributed by atoms with Crippen LogP contribution in [0.4, 0.5) is 5.69 Å². The monoisotopic (exact) mass is 335 g/mol. The second kappa shape index (κ2) is 6.51. The third kappa shape index (κ3) is 3.13. The molecule has 0 bridgehead atoms. The minimum absolute atomic E-state index is 0.00688. The van der Waals surface area contributed by atoms with Crippen molar-refractivity contribution in [3.63, 3.8) is 0 Å². The van der Waals surface area contributed by atoms with Crippen LogP contribution in [-0.4, -0.2) is 42.5 Å². The molecule has 1 atom stereocenters. The van der Waals surface area contributed by atoms with E-state index in [0.29, 0.717) is 0 Å². The zero-order chi connectivity index (χ0) is 17.3. The summed E-state index contributed by atoms with van der Waals surface area (Å²) >= 11 is 0. The minimum atomic E-state index is 0.00688. The van der Waals surface area contributed by atoms with E-state index in [9.17, 15) is 4.79 Å². The molecule has 3 heterocycles. The Kier molecular flexibility index (Phi) is 4.20. The number of aromatic nitrogens is 1. The normalized spacial score (nSPS) is 23.1. The van der Waals surface area contributed by atoms with Gasteiger partial charge >= 0.3 is 0 Å². The minimum Gasteiger partial charge on any atom is -0.371 e. The maximum Gasteiger partial charge on any atom is 0.229 e. The van der Waals surface area contributed by atoms with Gasteiger partial charge in [-0.15, -0.1) is 0 Å². The highest BCUT2D eigenvalue weighted by molar-refractivity contribution is 5.84. The smallest absolute Gasteiger partial charge is 0.229 e. The Balaban J connectivity index is 1.52. The van der Waals surface area contributed by atoms with Crippen molar-refractivity contribution in [1.29, 1.82) is 0 Å². The molecule has 1 aromatic heterocycles. The second-order valence-electron chi connectivity index (χ2n) is 7.55. The standard InChI is InChI=1S/C21H25N3O/c1-23-16-21(15-19(20(23)25)17-5-3-2-4-6-17)9-13-24(14-10-21)18-7-11-22-12-8-18/h2-8,11-12,19H,9-10,13-16H2,1H3. The van der Waals surface area contributed by atoms with Crippen LogP contribution in [0.3, 0.4) is 0 Å². The molecule has 1 spiro atoms. The predicted molar refractivity (Wildman–Crippen MR) is 99.6 cm³/mol. The van der Waals surface area contributed by atoms with Gasteiger partial charge in [0, 0.05) is 44.8 Å². The van der Waals surface area contributed by atoms with Gasteiger partial charge in [0.15, 0.2) is 0 Å². The van der Waals surface area contributed by atoms with E-state index in [-0.39, 0.29) is 17.2 Å². The molecule has 4 nitrogen and oxygen atoms in total. The molecule has 0 radical (unpaired) electrons. The summed E-state index contributed by atoms with van der Waals surface area (Å²) in [6.45, 7) is 2.99. The quantitative estimate of drug-likeness (QED) is 0.845. The van der Waals surface area contributed by atoms with Crippen LogP contribution in [0.2, 0.25) is 0 Å². The highest BCUT2D eigenvalue weighted by Gasteiger charge is 2.45. The number of pyridine rings is 1. The zero-order valence-corrected chi connectivity index (χ0v) is 14.8. The third-order valence-electron chi connectivity index (χ3n) is 5.94. The van der Waals surface area contributed by atoms with E-state index in [1.54, 1.807) is 0 Å². The average Bonchev–Trinajstić information content (AvgIpc) is 2.67. The van der Waals surface area contributed by atoms with E-state index in [1.807, 2.05) is 42.5 Å². The maximum atomic E-state index is 12.7. The molecule has 2 aromatic rings. The number of anilines is 1. The number of amides is 1. The maximum absolute atomic E-state index is 12.7. The molecule has 1 amide bonds. The SMILES string of the molecule is CN1CC2(CCN(c3ccncc3)CC2)CC(c2ccccc2)C1=O. The van der Waals surface area contributed by atoms with Crippen LogP contribution in [0.5, 0.6) is 0 Å². The fourth-order valence-corrected chi connectivity index (χ4v) is 4.53. The summed E-state index contributed by atoms with van der Waals surface area (Å²) < 4.78 is 0. The lowest BCUT2D eigenvalue weighted by molar-refractivity contribution is -0.138. The van der Waals surface area contributed by atoms with Gasteiger partial charge in [-0.1, -0.05) is 30.3 Å². The van der Waals surface area contributed by atoms with Crippen molar-refractivity contribution >= 4 is 11.6 Å². The first kappa shape index (κ1) is 16.1. The van der Waals surface area contributed by atoms with Crippen molar-refractivity contribution in [2.75, 3.05) is 31.6 Å². The summed E-state index contributed by atoms with van der Waals surface area (Å²) in [4.78, 5) is 21.3. The molecule has 4 heteroatoms. The Morgan fingerprint density at radius 3 is 2.40 bits per heavy atom. The molecule has 1 unspecified atom stereocenters. The van der Waals surface area contributed by atoms with Crippen molar-refractivity contribution in [1.82, 2.24) is 9.88 Å². The Morgan fingerprint density at radius 1 is 1.04 bits per heavy atom. The van der Waals surface area contributed by atoms with Crippen LogP contribution < -0.4 is 4.90 Å². The summed E-state index contributed by atoms with van der Waals surface area (Å²) in [5, 5.41) is 0. The van der Waals surface area contributed by atoms with Gasteiger partial charge in [0.05, 0.1) is 5.92 Å². The number of hydrogen-bond acceptors (Lipinski definition) is 3. The van der Waals surface area contributed by atoms with Gasteiger partial charge in [0.2, 0.25) is 5.91 Å². The highest BCUT2D eigenvalue weighted by Crippen LogP contribution is 2.45. The highest BCUT2D eigenvalue weighted by atomic mass is 16.2. The molecule has 1 aromatic carbocycles. The summed E-state index contributed by atoms with van der Waals surface area (Å²) in [5.41, 5.74) is 2.66. The summed E-state index contributed by atoms with van der Waals surface area (Å²) in [6, 6.07) is 14.5. The first-order valence-electron chi connectivity index (χ1n) is 9.12. The lowest BCUT2D eigenvalue weighted by atomic mass is 9.67. The van der Waals surface area contributed by atoms with E-state index in [1.165, 1.54) is 5.69 Å². The summed E-state index contributed by atoms with van der Waals surface area (Å²) in [6.07, 6.45) is 6.97. The van der Waals surface area contributed by atoms with Gasteiger partial charge in [0.25, 0.3) is 0 Å². The Labute approximate surface area is 149 Å². The topological polar surface area (TPSA) is 36.4 Å². The van der Waals surface area contributed by atoms with Gasteiger partial charge < -0.3 is 9.80 Å². The molecule has 2 saturated heterocycles. The van der Waals surface area contributed by atoms with Gasteiger partial charge in [0.1, 0.15) is 0 Å². The molecule has 4 rings (SSSR count). The number of carbonyl (C=O) groups excluding carboxylic acids is 1. The van der Waals surface area contributed by atoms with Crippen molar-refractivity contribution < 1.29 is 4.79 Å². The first-order chi connectivity index (χ1) is 12.2. The van der Waals surface area contributed by atoms with Crippen molar-refractivity contribution in [3.05, 3.63) is 60.4 Å². The van der Waals surface area contributed by atoms with Crippen LogP contribution in [0, 0.1) is 5.41 Å². The number of nitrogens with zero attached hydrogens (tertiary/aromatic N) is 3. The van der Waals surface area contributed by atoms with E-state index >= 15 is 0 Å². The molecule has 0 N–H and O–H groups in total. The van der Waals surface area contributed by atoms with Crippen LogP contribution in [0.25, 0.3) is 0 Å². The first-order valence-corrected chi connectivity index (χ1v) is 9.12. The van der Waals surface area contributed by atoms with E-state index < -0.39 is 0 Å². The van der Waals surface area contributed by atoms with E-state index in [0.717, 1.165) is 44.5 Å². The van der Waals surface area contributed by atoms with E-state index in [4.69, 9.17) is 0 Å². The predicted octanol–water partition coefficient (Wildman–Crippen LogP) is 3.31. The lowest BCUT2D eigenvalue weighted by Crippen LogP contribution is -2.52. The summed E-state index contributed by atoms with van der Waals surface area (Å²) in [7, 11) is 1.97. The Bertz CT molecular complexity index is 723. The summed E-state index contributed by atoms with van der Waals surface area (Å²) in [5.74, 6) is 0.279. The molecule has 130 valence electrons. The Morgan fingerprint density at radius 2 is 1.72 bits per heavy atom. The van der Waals surface area contributed by atoms with Crippen LogP contribution in [0.1, 0.15) is 30.7 Å². The Hall–Kier alpha value is -2.36. The van der Waals surface area contributed by atoms with Gasteiger partial charge in [-0.3, -0.25) is 9.78 Å². The molecule has 0 aliphatic carbocycles. The fraction of sp³-hybridized carbons (Fsp3) is 0.429. The second-order valence-corrected chi connectivity index (χ2v) is 7.55. The van der Waals surface area contributed by atoms with Gasteiger partial charge in [-0.2, -0.15) is 0 Å². The molecule has 2 aliphatic heterocycles. The van der Waals surface area contributed by atoms with Crippen LogP contribution in [0.15, 0.2) is 54.9 Å². The van der Waals surface area contributed by atoms with Gasteiger partial charge in [-0.25, -0.2) is 0 Å². The molecule has 2 fully saturated rings.